The second-order valence-corrected chi connectivity index (χ2v) is 2.73. The van der Waals surface area contributed by atoms with E-state index in [0.29, 0.717) is 5.69 Å². The number of carbonyl (C=O) groups is 1. The molecule has 0 aliphatic rings. The first-order valence-corrected chi connectivity index (χ1v) is 4.40. The number of hydrogen-bond acceptors (Lipinski definition) is 1. The largest absolute Gasteiger partial charge is 0.341 e. The normalized spacial score (nSPS) is 9.57. The fraction of sp³-hybridized carbons (Fsp3) is 0.300. The fourth-order valence-electron chi connectivity index (χ4n) is 1.18. The van der Waals surface area contributed by atoms with E-state index in [9.17, 15) is 9.18 Å². The number of nitrogens with one attached hydrogen (secondary N) is 1. The van der Waals surface area contributed by atoms with Crippen LogP contribution in [0.25, 0.3) is 0 Å². The molecule has 0 aliphatic carbocycles. The van der Waals surface area contributed by atoms with Crippen molar-refractivity contribution >= 4 is 11.7 Å². The van der Waals surface area contributed by atoms with E-state index >= 15 is 0 Å². The number of nitrogens with zero attached hydrogens (tertiary/aromatic N) is 1. The summed E-state index contributed by atoms with van der Waals surface area (Å²) < 4.78 is 12.2. The fourth-order valence-corrected chi connectivity index (χ4v) is 1.18. The molecule has 0 unspecified atom stereocenters. The number of alkyl halides is 1. The standard InChI is InChI=1S/C10H13FN2O/c1-12-10(14)13(8-7-11)9-5-3-2-4-6-9/h2-6H,7-8H2,1H3,(H,12,14). The third-order valence-electron chi connectivity index (χ3n) is 1.84. The molecular formula is C10H13FN2O. The van der Waals surface area contributed by atoms with Crippen LogP contribution in [-0.4, -0.2) is 26.3 Å². The summed E-state index contributed by atoms with van der Waals surface area (Å²) in [5.41, 5.74) is 0.699. The first-order chi connectivity index (χ1) is 6.79. The van der Waals surface area contributed by atoms with Gasteiger partial charge in [-0.1, -0.05) is 18.2 Å². The smallest absolute Gasteiger partial charge is 0.321 e. The maximum atomic E-state index is 12.2. The van der Waals surface area contributed by atoms with E-state index < -0.39 is 6.67 Å². The Balaban J connectivity index is 2.83. The van der Waals surface area contributed by atoms with Gasteiger partial charge in [-0.2, -0.15) is 0 Å². The maximum absolute atomic E-state index is 12.2. The topological polar surface area (TPSA) is 32.3 Å². The molecule has 0 aromatic heterocycles. The summed E-state index contributed by atoms with van der Waals surface area (Å²) in [4.78, 5) is 12.7. The number of carbonyl (C=O) groups excluding carboxylic acids is 1. The summed E-state index contributed by atoms with van der Waals surface area (Å²) >= 11 is 0. The first kappa shape index (κ1) is 10.5. The minimum absolute atomic E-state index is 0.0731. The number of urea groups is 1. The maximum Gasteiger partial charge on any atom is 0.321 e. The Labute approximate surface area is 82.5 Å². The van der Waals surface area contributed by atoms with Crippen LogP contribution in [0.5, 0.6) is 0 Å². The monoisotopic (exact) mass is 196 g/mol. The summed E-state index contributed by atoms with van der Waals surface area (Å²) in [5, 5.41) is 2.47. The predicted molar refractivity (Wildman–Crippen MR) is 54.2 cm³/mol. The lowest BCUT2D eigenvalue weighted by Gasteiger charge is -2.20. The van der Waals surface area contributed by atoms with E-state index in [4.69, 9.17) is 0 Å². The van der Waals surface area contributed by atoms with Gasteiger partial charge in [0.2, 0.25) is 0 Å². The molecule has 0 bridgehead atoms. The molecule has 1 N–H and O–H groups in total. The zero-order valence-corrected chi connectivity index (χ0v) is 8.03. The molecule has 1 aromatic rings. The van der Waals surface area contributed by atoms with E-state index in [1.807, 2.05) is 18.2 Å². The molecule has 2 amide bonds. The van der Waals surface area contributed by atoms with Crippen molar-refractivity contribution in [1.82, 2.24) is 5.32 Å². The Kier molecular flexibility index (Phi) is 3.91. The van der Waals surface area contributed by atoms with Gasteiger partial charge in [-0.25, -0.2) is 9.18 Å². The van der Waals surface area contributed by atoms with Gasteiger partial charge in [0.1, 0.15) is 6.67 Å². The summed E-state index contributed by atoms with van der Waals surface area (Å²) in [6.45, 7) is -0.480. The van der Waals surface area contributed by atoms with E-state index in [1.54, 1.807) is 12.1 Å². The summed E-state index contributed by atoms with van der Waals surface area (Å²) in [7, 11) is 1.52. The number of hydrogen-bond donors (Lipinski definition) is 1. The van der Waals surface area contributed by atoms with E-state index in [0.717, 1.165) is 0 Å². The van der Waals surface area contributed by atoms with Crippen LogP contribution in [0, 0.1) is 0 Å². The molecule has 0 fully saturated rings. The minimum atomic E-state index is -0.553. The van der Waals surface area contributed by atoms with E-state index in [2.05, 4.69) is 5.32 Å². The first-order valence-electron chi connectivity index (χ1n) is 4.40. The van der Waals surface area contributed by atoms with Crippen molar-refractivity contribution in [3.8, 4) is 0 Å². The van der Waals surface area contributed by atoms with Gasteiger partial charge in [0.15, 0.2) is 0 Å². The molecule has 0 atom stereocenters. The number of rotatable bonds is 3. The van der Waals surface area contributed by atoms with Crippen LogP contribution < -0.4 is 10.2 Å². The average Bonchev–Trinajstić information content (AvgIpc) is 2.26. The van der Waals surface area contributed by atoms with Crippen LogP contribution in [0.3, 0.4) is 0 Å². The number of anilines is 1. The highest BCUT2D eigenvalue weighted by Crippen LogP contribution is 2.12. The third-order valence-corrected chi connectivity index (χ3v) is 1.84. The Bertz CT molecular complexity index is 289. The van der Waals surface area contributed by atoms with Crippen molar-refractivity contribution in [1.29, 1.82) is 0 Å². The van der Waals surface area contributed by atoms with Gasteiger partial charge in [0.05, 0.1) is 6.54 Å². The number of benzene rings is 1. The Hall–Kier alpha value is -1.58. The number of halogens is 1. The lowest BCUT2D eigenvalue weighted by atomic mass is 10.3. The zero-order chi connectivity index (χ0) is 10.4. The Morgan fingerprint density at radius 1 is 1.43 bits per heavy atom. The van der Waals surface area contributed by atoms with Gasteiger partial charge >= 0.3 is 6.03 Å². The zero-order valence-electron chi connectivity index (χ0n) is 8.03. The molecule has 0 heterocycles. The molecule has 76 valence electrons. The lowest BCUT2D eigenvalue weighted by molar-refractivity contribution is 0.247. The molecule has 0 aliphatic heterocycles. The predicted octanol–water partition coefficient (Wildman–Crippen LogP) is 1.80. The Morgan fingerprint density at radius 3 is 2.57 bits per heavy atom. The number of amides is 2. The average molecular weight is 196 g/mol. The van der Waals surface area contributed by atoms with Gasteiger partial charge in [-0.05, 0) is 12.1 Å². The second kappa shape index (κ2) is 5.21. The SMILES string of the molecule is CNC(=O)N(CCF)c1ccccc1. The third kappa shape index (κ3) is 2.45. The molecular weight excluding hydrogens is 183 g/mol. The van der Waals surface area contributed by atoms with Crippen molar-refractivity contribution < 1.29 is 9.18 Å². The van der Waals surface area contributed by atoms with Gasteiger partial charge in [0, 0.05) is 12.7 Å². The molecule has 0 spiro atoms. The molecule has 4 heteroatoms. The van der Waals surface area contributed by atoms with Gasteiger partial charge in [0.25, 0.3) is 0 Å². The molecule has 1 rings (SSSR count). The van der Waals surface area contributed by atoms with Crippen molar-refractivity contribution in [2.24, 2.45) is 0 Å². The van der Waals surface area contributed by atoms with Crippen LogP contribution >= 0.6 is 0 Å². The van der Waals surface area contributed by atoms with Gasteiger partial charge in [-0.15, -0.1) is 0 Å². The van der Waals surface area contributed by atoms with Crippen LogP contribution in [0.2, 0.25) is 0 Å². The van der Waals surface area contributed by atoms with Crippen molar-refractivity contribution in [3.63, 3.8) is 0 Å². The molecule has 1 aromatic carbocycles. The Morgan fingerprint density at radius 2 is 2.07 bits per heavy atom. The van der Waals surface area contributed by atoms with Crippen LogP contribution in [0.4, 0.5) is 14.9 Å². The van der Waals surface area contributed by atoms with Crippen LogP contribution in [0.1, 0.15) is 0 Å². The van der Waals surface area contributed by atoms with Crippen LogP contribution in [0.15, 0.2) is 30.3 Å². The highest BCUT2D eigenvalue weighted by Gasteiger charge is 2.12. The molecule has 3 nitrogen and oxygen atoms in total. The minimum Gasteiger partial charge on any atom is -0.341 e. The quantitative estimate of drug-likeness (QED) is 0.785. The summed E-state index contributed by atoms with van der Waals surface area (Å²) in [5.74, 6) is 0. The molecule has 0 saturated heterocycles. The van der Waals surface area contributed by atoms with Crippen molar-refractivity contribution in [2.45, 2.75) is 0 Å². The summed E-state index contributed by atoms with van der Waals surface area (Å²) in [6.07, 6.45) is 0. The van der Waals surface area contributed by atoms with Crippen molar-refractivity contribution in [3.05, 3.63) is 30.3 Å². The van der Waals surface area contributed by atoms with Crippen molar-refractivity contribution in [2.75, 3.05) is 25.2 Å². The molecule has 14 heavy (non-hydrogen) atoms. The second-order valence-electron chi connectivity index (χ2n) is 2.73. The summed E-state index contributed by atoms with van der Waals surface area (Å²) in [6, 6.07) is 8.71. The molecule has 0 radical (unpaired) electrons. The highest BCUT2D eigenvalue weighted by molar-refractivity contribution is 5.91. The highest BCUT2D eigenvalue weighted by atomic mass is 19.1. The van der Waals surface area contributed by atoms with Crippen LogP contribution in [-0.2, 0) is 0 Å². The van der Waals surface area contributed by atoms with E-state index in [1.165, 1.54) is 11.9 Å². The molecule has 0 saturated carbocycles. The van der Waals surface area contributed by atoms with Gasteiger partial charge in [-0.3, -0.25) is 4.90 Å². The van der Waals surface area contributed by atoms with Gasteiger partial charge < -0.3 is 5.32 Å². The number of para-hydroxylation sites is 1. The lowest BCUT2D eigenvalue weighted by Crippen LogP contribution is -2.39. The van der Waals surface area contributed by atoms with E-state index in [-0.39, 0.29) is 12.6 Å².